The highest BCUT2D eigenvalue weighted by atomic mass is 16.5. The second kappa shape index (κ2) is 12.1. The normalized spacial score (nSPS) is 10.8. The molecule has 3 rings (SSSR count). The van der Waals surface area contributed by atoms with E-state index in [1.807, 2.05) is 24.3 Å². The molecule has 0 aliphatic heterocycles. The van der Waals surface area contributed by atoms with Crippen LogP contribution in [0.15, 0.2) is 66.7 Å². The first-order valence-electron chi connectivity index (χ1n) is 10.5. The summed E-state index contributed by atoms with van der Waals surface area (Å²) in [5, 5.41) is 21.9. The molecule has 6 heteroatoms. The number of hydrogen-bond acceptors (Lipinski definition) is 6. The van der Waals surface area contributed by atoms with E-state index in [0.29, 0.717) is 22.4 Å². The van der Waals surface area contributed by atoms with E-state index in [-0.39, 0.29) is 23.4 Å². The van der Waals surface area contributed by atoms with Gasteiger partial charge in [0.2, 0.25) is 0 Å². The van der Waals surface area contributed by atoms with Crippen molar-refractivity contribution < 1.29 is 19.4 Å². The highest BCUT2D eigenvalue weighted by molar-refractivity contribution is 6.07. The maximum Gasteiger partial charge on any atom is 0.160 e. The van der Waals surface area contributed by atoms with Gasteiger partial charge in [-0.15, -0.1) is 0 Å². The third-order valence-electron chi connectivity index (χ3n) is 5.05. The number of ether oxygens (including phenoxy) is 1. The highest BCUT2D eigenvalue weighted by Crippen LogP contribution is 2.31. The lowest BCUT2D eigenvalue weighted by Crippen LogP contribution is -2.09. The molecule has 0 aromatic heterocycles. The lowest BCUT2D eigenvalue weighted by atomic mass is 10.0. The van der Waals surface area contributed by atoms with Gasteiger partial charge in [-0.25, -0.2) is 0 Å². The van der Waals surface area contributed by atoms with Gasteiger partial charge < -0.3 is 15.2 Å². The number of nitriles is 1. The van der Waals surface area contributed by atoms with E-state index in [4.69, 9.17) is 10.00 Å². The molecule has 0 fully saturated rings. The van der Waals surface area contributed by atoms with Gasteiger partial charge in [0, 0.05) is 16.8 Å². The Labute approximate surface area is 194 Å². The number of rotatable bonds is 7. The van der Waals surface area contributed by atoms with Gasteiger partial charge >= 0.3 is 0 Å². The Hall–Kier alpha value is -4.11. The third kappa shape index (κ3) is 6.94. The molecule has 0 aliphatic carbocycles. The van der Waals surface area contributed by atoms with Crippen molar-refractivity contribution in [2.45, 2.75) is 33.2 Å². The zero-order valence-electron chi connectivity index (χ0n) is 19.3. The summed E-state index contributed by atoms with van der Waals surface area (Å²) in [5.74, 6) is 0.462. The lowest BCUT2D eigenvalue weighted by Gasteiger charge is -2.19. The summed E-state index contributed by atoms with van der Waals surface area (Å²) in [6.45, 7) is 5.00. The Bertz CT molecular complexity index is 1110. The second-order valence-electron chi connectivity index (χ2n) is 7.38. The van der Waals surface area contributed by atoms with Gasteiger partial charge in [-0.1, -0.05) is 37.3 Å². The number of benzene rings is 3. The standard InChI is InChI=1S/C17H18N2O2.C10H10O2/c1-3-15(13-6-9-16(20)17(10-13)21-2)19-14-7-4-12(11-18)5-8-14;1-7(11)9-5-3-4-6-10(9)8(2)12/h4-10,15,19-20H,3H2,1-2H3;3-6H,1-2H3. The topological polar surface area (TPSA) is 99.4 Å². The van der Waals surface area contributed by atoms with Crippen LogP contribution < -0.4 is 10.1 Å². The minimum Gasteiger partial charge on any atom is -0.504 e. The number of nitrogens with zero attached hydrogens (tertiary/aromatic N) is 1. The van der Waals surface area contributed by atoms with E-state index in [9.17, 15) is 14.7 Å². The maximum atomic E-state index is 11.0. The fourth-order valence-electron chi connectivity index (χ4n) is 3.27. The van der Waals surface area contributed by atoms with Crippen LogP contribution in [0.4, 0.5) is 5.69 Å². The third-order valence-corrected chi connectivity index (χ3v) is 5.05. The first kappa shape index (κ1) is 25.2. The summed E-state index contributed by atoms with van der Waals surface area (Å²) < 4.78 is 5.15. The van der Waals surface area contributed by atoms with Crippen molar-refractivity contribution in [2.75, 3.05) is 12.4 Å². The fourth-order valence-corrected chi connectivity index (χ4v) is 3.27. The first-order chi connectivity index (χ1) is 15.8. The number of carbonyl (C=O) groups excluding carboxylic acids is 2. The van der Waals surface area contributed by atoms with Crippen LogP contribution in [-0.4, -0.2) is 23.8 Å². The summed E-state index contributed by atoms with van der Waals surface area (Å²) in [7, 11) is 1.54. The van der Waals surface area contributed by atoms with Crippen LogP contribution in [0.5, 0.6) is 11.5 Å². The Balaban J connectivity index is 0.000000273. The van der Waals surface area contributed by atoms with E-state index in [2.05, 4.69) is 18.3 Å². The molecule has 0 aliphatic rings. The van der Waals surface area contributed by atoms with Gasteiger partial charge in [0.05, 0.1) is 24.8 Å². The number of anilines is 1. The van der Waals surface area contributed by atoms with Crippen LogP contribution >= 0.6 is 0 Å². The van der Waals surface area contributed by atoms with E-state index < -0.39 is 0 Å². The Morgan fingerprint density at radius 3 is 2.03 bits per heavy atom. The van der Waals surface area contributed by atoms with Gasteiger partial charge in [0.1, 0.15) is 0 Å². The number of ketones is 2. The van der Waals surface area contributed by atoms with E-state index in [0.717, 1.165) is 17.7 Å². The zero-order valence-corrected chi connectivity index (χ0v) is 19.3. The molecule has 0 heterocycles. The van der Waals surface area contributed by atoms with Crippen molar-refractivity contribution >= 4 is 17.3 Å². The monoisotopic (exact) mass is 444 g/mol. The number of phenols is 1. The van der Waals surface area contributed by atoms with Crippen LogP contribution in [0.1, 0.15) is 65.1 Å². The summed E-state index contributed by atoms with van der Waals surface area (Å²) in [5.41, 5.74) is 3.64. The second-order valence-corrected chi connectivity index (χ2v) is 7.38. The van der Waals surface area contributed by atoms with Gasteiger partial charge in [-0.05, 0) is 62.2 Å². The Morgan fingerprint density at radius 2 is 1.58 bits per heavy atom. The van der Waals surface area contributed by atoms with Crippen molar-refractivity contribution in [3.63, 3.8) is 0 Å². The molecule has 1 unspecified atom stereocenters. The molecule has 6 nitrogen and oxygen atoms in total. The quantitative estimate of drug-likeness (QED) is 0.438. The largest absolute Gasteiger partial charge is 0.504 e. The van der Waals surface area contributed by atoms with Crippen molar-refractivity contribution in [3.8, 4) is 17.6 Å². The van der Waals surface area contributed by atoms with Crippen LogP contribution in [-0.2, 0) is 0 Å². The summed E-state index contributed by atoms with van der Waals surface area (Å²) in [6, 6.07) is 21.7. The van der Waals surface area contributed by atoms with E-state index in [1.165, 1.54) is 21.0 Å². The molecular formula is C27H28N2O4. The molecule has 0 amide bonds. The van der Waals surface area contributed by atoms with Crippen LogP contribution in [0.2, 0.25) is 0 Å². The molecule has 2 N–H and O–H groups in total. The van der Waals surface area contributed by atoms with Crippen molar-refractivity contribution in [3.05, 3.63) is 89.0 Å². The van der Waals surface area contributed by atoms with Crippen LogP contribution in [0.25, 0.3) is 0 Å². The van der Waals surface area contributed by atoms with Gasteiger partial charge in [-0.3, -0.25) is 9.59 Å². The number of methoxy groups -OCH3 is 1. The van der Waals surface area contributed by atoms with Crippen molar-refractivity contribution in [1.29, 1.82) is 5.26 Å². The molecule has 33 heavy (non-hydrogen) atoms. The summed E-state index contributed by atoms with van der Waals surface area (Å²) in [6.07, 6.45) is 0.883. The average Bonchev–Trinajstić information content (AvgIpc) is 2.83. The summed E-state index contributed by atoms with van der Waals surface area (Å²) >= 11 is 0. The van der Waals surface area contributed by atoms with Gasteiger partial charge in [0.15, 0.2) is 23.1 Å². The SMILES string of the molecule is CC(=O)c1ccccc1C(C)=O.CCC(Nc1ccc(C#N)cc1)c1ccc(O)c(OC)c1. The summed E-state index contributed by atoms with van der Waals surface area (Å²) in [4.78, 5) is 22.0. The highest BCUT2D eigenvalue weighted by Gasteiger charge is 2.12. The zero-order chi connectivity index (χ0) is 24.4. The Morgan fingerprint density at radius 1 is 1.00 bits per heavy atom. The van der Waals surface area contributed by atoms with Crippen molar-refractivity contribution in [2.24, 2.45) is 0 Å². The van der Waals surface area contributed by atoms with Gasteiger partial charge in [-0.2, -0.15) is 5.26 Å². The maximum absolute atomic E-state index is 11.0. The molecule has 0 bridgehead atoms. The fraction of sp³-hybridized carbons (Fsp3) is 0.222. The number of hydrogen-bond donors (Lipinski definition) is 2. The Kier molecular flexibility index (Phi) is 9.19. The molecule has 0 saturated heterocycles. The molecule has 0 saturated carbocycles. The number of aromatic hydroxyl groups is 1. The van der Waals surface area contributed by atoms with E-state index in [1.54, 1.807) is 42.5 Å². The predicted octanol–water partition coefficient (Wildman–Crippen LogP) is 5.93. The predicted molar refractivity (Wildman–Crippen MR) is 129 cm³/mol. The number of nitrogens with one attached hydrogen (secondary N) is 1. The van der Waals surface area contributed by atoms with E-state index >= 15 is 0 Å². The number of phenolic OH excluding ortho intramolecular Hbond substituents is 1. The first-order valence-corrected chi connectivity index (χ1v) is 10.5. The number of carbonyl (C=O) groups is 2. The van der Waals surface area contributed by atoms with Crippen molar-refractivity contribution in [1.82, 2.24) is 0 Å². The molecule has 170 valence electrons. The molecule has 3 aromatic rings. The minimum absolute atomic E-state index is 0.0687. The lowest BCUT2D eigenvalue weighted by molar-refractivity contribution is 0.0981. The molecule has 3 aromatic carbocycles. The molecular weight excluding hydrogens is 416 g/mol. The minimum atomic E-state index is -0.0687. The smallest absolute Gasteiger partial charge is 0.160 e. The van der Waals surface area contributed by atoms with Crippen LogP contribution in [0, 0.1) is 11.3 Å². The van der Waals surface area contributed by atoms with Gasteiger partial charge in [0.25, 0.3) is 0 Å². The van der Waals surface area contributed by atoms with Crippen LogP contribution in [0.3, 0.4) is 0 Å². The molecule has 0 radical (unpaired) electrons. The molecule has 1 atom stereocenters. The average molecular weight is 445 g/mol. The molecule has 0 spiro atoms. The number of Topliss-reactive ketones (excluding diaryl/α,β-unsaturated/α-hetero) is 2.